The lowest BCUT2D eigenvalue weighted by Crippen LogP contribution is -2.42. The second-order valence-electron chi connectivity index (χ2n) is 5.35. The molecule has 0 radical (unpaired) electrons. The second kappa shape index (κ2) is 8.04. The Morgan fingerprint density at radius 3 is 2.35 bits per heavy atom. The van der Waals surface area contributed by atoms with Gasteiger partial charge in [-0.05, 0) is 32.9 Å². The Hall–Kier alpha value is -1.37. The molecule has 114 valence electrons. The first-order valence-corrected chi connectivity index (χ1v) is 6.08. The average molecular weight is 305 g/mol. The number of nitro groups is 1. The highest BCUT2D eigenvalue weighted by Crippen LogP contribution is 2.17. The zero-order valence-electron chi connectivity index (χ0n) is 11.8. The van der Waals surface area contributed by atoms with Crippen molar-refractivity contribution in [3.05, 3.63) is 34.4 Å². The first-order chi connectivity index (χ1) is 8.78. The van der Waals surface area contributed by atoms with Gasteiger partial charge in [-0.25, -0.2) is 0 Å². The van der Waals surface area contributed by atoms with Crippen LogP contribution in [0.3, 0.4) is 0 Å². The predicted octanol–water partition coefficient (Wildman–Crippen LogP) is 2.14. The summed E-state index contributed by atoms with van der Waals surface area (Å²) in [4.78, 5) is 10.0. The SMILES string of the molecule is CC(C)(C)NCC(O)COc1ccc([N+](=O)[O-])cc1.Cl. The first-order valence-electron chi connectivity index (χ1n) is 6.08. The minimum absolute atomic E-state index is 0. The Balaban J connectivity index is 0.00000361. The van der Waals surface area contributed by atoms with Crippen LogP contribution in [0.4, 0.5) is 5.69 Å². The summed E-state index contributed by atoms with van der Waals surface area (Å²) in [5, 5.41) is 23.4. The molecule has 1 aromatic rings. The normalized spacial score (nSPS) is 12.4. The standard InChI is InChI=1S/C13H20N2O4.ClH/c1-13(2,3)14-8-11(16)9-19-12-6-4-10(5-7-12)15(17)18;/h4-7,11,14,16H,8-9H2,1-3H3;1H. The number of non-ortho nitro benzene ring substituents is 1. The summed E-state index contributed by atoms with van der Waals surface area (Å²) in [5.74, 6) is 0.500. The van der Waals surface area contributed by atoms with Crippen LogP contribution in [0, 0.1) is 10.1 Å². The Morgan fingerprint density at radius 1 is 1.35 bits per heavy atom. The molecule has 1 rings (SSSR count). The first kappa shape index (κ1) is 18.6. The Bertz CT molecular complexity index is 417. The lowest BCUT2D eigenvalue weighted by molar-refractivity contribution is -0.384. The van der Waals surface area contributed by atoms with Gasteiger partial charge in [0, 0.05) is 24.2 Å². The number of halogens is 1. The highest BCUT2D eigenvalue weighted by atomic mass is 35.5. The van der Waals surface area contributed by atoms with E-state index in [0.29, 0.717) is 12.3 Å². The van der Waals surface area contributed by atoms with Gasteiger partial charge in [0.25, 0.3) is 5.69 Å². The van der Waals surface area contributed by atoms with Crippen LogP contribution >= 0.6 is 12.4 Å². The van der Waals surface area contributed by atoms with Crippen molar-refractivity contribution in [2.24, 2.45) is 0 Å². The number of aliphatic hydroxyl groups is 1. The molecule has 1 aromatic carbocycles. The summed E-state index contributed by atoms with van der Waals surface area (Å²) in [6.07, 6.45) is -0.630. The number of nitrogens with zero attached hydrogens (tertiary/aromatic N) is 1. The van der Waals surface area contributed by atoms with Gasteiger partial charge in [0.2, 0.25) is 0 Å². The maximum Gasteiger partial charge on any atom is 0.269 e. The fourth-order valence-corrected chi connectivity index (χ4v) is 1.34. The molecule has 0 saturated heterocycles. The van der Waals surface area contributed by atoms with Crippen LogP contribution in [0.15, 0.2) is 24.3 Å². The highest BCUT2D eigenvalue weighted by molar-refractivity contribution is 5.85. The Kier molecular flexibility index (Phi) is 7.49. The van der Waals surface area contributed by atoms with E-state index in [4.69, 9.17) is 4.74 Å². The van der Waals surface area contributed by atoms with Crippen molar-refractivity contribution in [3.8, 4) is 5.75 Å². The molecule has 0 heterocycles. The van der Waals surface area contributed by atoms with Crippen molar-refractivity contribution in [2.45, 2.75) is 32.4 Å². The summed E-state index contributed by atoms with van der Waals surface area (Å²) in [6, 6.07) is 5.77. The van der Waals surface area contributed by atoms with E-state index in [0.717, 1.165) is 0 Å². The number of rotatable bonds is 6. The van der Waals surface area contributed by atoms with Crippen molar-refractivity contribution in [1.82, 2.24) is 5.32 Å². The number of nitrogens with one attached hydrogen (secondary N) is 1. The van der Waals surface area contributed by atoms with E-state index in [1.54, 1.807) is 0 Å². The third-order valence-electron chi connectivity index (χ3n) is 2.36. The molecule has 0 bridgehead atoms. The number of ether oxygens (including phenoxy) is 1. The van der Waals surface area contributed by atoms with E-state index in [2.05, 4.69) is 5.32 Å². The van der Waals surface area contributed by atoms with Gasteiger partial charge < -0.3 is 15.2 Å². The molecule has 2 N–H and O–H groups in total. The van der Waals surface area contributed by atoms with Gasteiger partial charge in [0.1, 0.15) is 18.5 Å². The molecule has 1 atom stereocenters. The lowest BCUT2D eigenvalue weighted by Gasteiger charge is -2.22. The fraction of sp³-hybridized carbons (Fsp3) is 0.538. The molecule has 0 spiro atoms. The largest absolute Gasteiger partial charge is 0.491 e. The van der Waals surface area contributed by atoms with Gasteiger partial charge in [-0.15, -0.1) is 12.4 Å². The van der Waals surface area contributed by atoms with Gasteiger partial charge in [-0.3, -0.25) is 10.1 Å². The van der Waals surface area contributed by atoms with Crippen LogP contribution in [0.2, 0.25) is 0 Å². The third kappa shape index (κ3) is 7.28. The number of hydrogen-bond donors (Lipinski definition) is 2. The smallest absolute Gasteiger partial charge is 0.269 e. The van der Waals surface area contributed by atoms with Crippen LogP contribution in [0.25, 0.3) is 0 Å². The number of β-amino-alcohol motifs (C(OH)–C–C–N with tert-alkyl or cyclic N) is 1. The molecular weight excluding hydrogens is 284 g/mol. The fourth-order valence-electron chi connectivity index (χ4n) is 1.34. The Labute approximate surface area is 124 Å². The topological polar surface area (TPSA) is 84.6 Å². The zero-order chi connectivity index (χ0) is 14.5. The summed E-state index contributed by atoms with van der Waals surface area (Å²) >= 11 is 0. The molecule has 20 heavy (non-hydrogen) atoms. The highest BCUT2D eigenvalue weighted by Gasteiger charge is 2.12. The molecular formula is C13H21ClN2O4. The molecule has 0 aliphatic heterocycles. The van der Waals surface area contributed by atoms with Gasteiger partial charge in [0.15, 0.2) is 0 Å². The molecule has 7 heteroatoms. The summed E-state index contributed by atoms with van der Waals surface area (Å²) in [7, 11) is 0. The van der Waals surface area contributed by atoms with Crippen molar-refractivity contribution in [2.75, 3.05) is 13.2 Å². The quantitative estimate of drug-likeness (QED) is 0.621. The van der Waals surface area contributed by atoms with Crippen LogP contribution in [-0.4, -0.2) is 34.8 Å². The number of nitro benzene ring substituents is 1. The van der Waals surface area contributed by atoms with Crippen molar-refractivity contribution in [3.63, 3.8) is 0 Å². The van der Waals surface area contributed by atoms with Gasteiger partial charge >= 0.3 is 0 Å². The molecule has 0 aliphatic rings. The van der Waals surface area contributed by atoms with Gasteiger partial charge in [-0.2, -0.15) is 0 Å². The zero-order valence-corrected chi connectivity index (χ0v) is 12.6. The van der Waals surface area contributed by atoms with E-state index in [1.165, 1.54) is 24.3 Å². The molecule has 0 fully saturated rings. The maximum absolute atomic E-state index is 10.5. The van der Waals surface area contributed by atoms with E-state index in [9.17, 15) is 15.2 Å². The second-order valence-corrected chi connectivity index (χ2v) is 5.35. The Morgan fingerprint density at radius 2 is 1.90 bits per heavy atom. The lowest BCUT2D eigenvalue weighted by atomic mass is 10.1. The molecule has 6 nitrogen and oxygen atoms in total. The predicted molar refractivity (Wildman–Crippen MR) is 79.6 cm³/mol. The van der Waals surface area contributed by atoms with Crippen molar-refractivity contribution >= 4 is 18.1 Å². The van der Waals surface area contributed by atoms with Gasteiger partial charge in [0.05, 0.1) is 4.92 Å². The van der Waals surface area contributed by atoms with Gasteiger partial charge in [-0.1, -0.05) is 0 Å². The summed E-state index contributed by atoms with van der Waals surface area (Å²) in [6.45, 7) is 6.60. The summed E-state index contributed by atoms with van der Waals surface area (Å²) < 4.78 is 5.36. The van der Waals surface area contributed by atoms with Crippen molar-refractivity contribution < 1.29 is 14.8 Å². The molecule has 0 aliphatic carbocycles. The van der Waals surface area contributed by atoms with E-state index >= 15 is 0 Å². The minimum atomic E-state index is -0.630. The average Bonchev–Trinajstić information content (AvgIpc) is 2.33. The van der Waals surface area contributed by atoms with E-state index < -0.39 is 11.0 Å². The van der Waals surface area contributed by atoms with Crippen LogP contribution < -0.4 is 10.1 Å². The van der Waals surface area contributed by atoms with Crippen LogP contribution in [-0.2, 0) is 0 Å². The van der Waals surface area contributed by atoms with E-state index in [-0.39, 0.29) is 30.2 Å². The monoisotopic (exact) mass is 304 g/mol. The van der Waals surface area contributed by atoms with Crippen molar-refractivity contribution in [1.29, 1.82) is 0 Å². The van der Waals surface area contributed by atoms with E-state index in [1.807, 2.05) is 20.8 Å². The van der Waals surface area contributed by atoms with Crippen LogP contribution in [0.5, 0.6) is 5.75 Å². The minimum Gasteiger partial charge on any atom is -0.491 e. The number of benzene rings is 1. The number of hydrogen-bond acceptors (Lipinski definition) is 5. The summed E-state index contributed by atoms with van der Waals surface area (Å²) in [5.41, 5.74) is -0.0452. The van der Waals surface area contributed by atoms with Crippen LogP contribution in [0.1, 0.15) is 20.8 Å². The molecule has 1 unspecified atom stereocenters. The third-order valence-corrected chi connectivity index (χ3v) is 2.36. The number of aliphatic hydroxyl groups excluding tert-OH is 1. The molecule has 0 aromatic heterocycles. The maximum atomic E-state index is 10.5. The molecule has 0 amide bonds. The molecule has 0 saturated carbocycles.